The second-order valence-corrected chi connectivity index (χ2v) is 6.26. The van der Waals surface area contributed by atoms with Gasteiger partial charge in [0.15, 0.2) is 5.13 Å². The van der Waals surface area contributed by atoms with Gasteiger partial charge in [-0.15, -0.1) is 22.7 Å². The summed E-state index contributed by atoms with van der Waals surface area (Å²) in [6.07, 6.45) is 2.51. The minimum atomic E-state index is 0.591. The Bertz CT molecular complexity index is 545. The van der Waals surface area contributed by atoms with E-state index in [1.54, 1.807) is 29.8 Å². The number of thiazole rings is 2. The van der Waals surface area contributed by atoms with Crippen LogP contribution in [0, 0.1) is 0 Å². The van der Waals surface area contributed by atoms with Crippen LogP contribution in [-0.4, -0.2) is 24.1 Å². The standard InChI is InChI=1S/C12H15N3OS2/c1-13-12-14-8(6-17-12)11-10(7-3-4-7)15-9(18-11)5-16-2/h6-7H,3-5H2,1-2H3,(H,13,14). The third kappa shape index (κ3) is 2.28. The molecule has 6 heteroatoms. The van der Waals surface area contributed by atoms with E-state index in [4.69, 9.17) is 9.72 Å². The van der Waals surface area contributed by atoms with Crippen LogP contribution >= 0.6 is 22.7 Å². The molecule has 0 spiro atoms. The number of nitrogens with one attached hydrogen (secondary N) is 1. The van der Waals surface area contributed by atoms with Crippen molar-refractivity contribution in [1.29, 1.82) is 0 Å². The van der Waals surface area contributed by atoms with Crippen LogP contribution < -0.4 is 5.32 Å². The summed E-state index contributed by atoms with van der Waals surface area (Å²) in [5.41, 5.74) is 2.27. The van der Waals surface area contributed by atoms with Gasteiger partial charge >= 0.3 is 0 Å². The van der Waals surface area contributed by atoms with Crippen LogP contribution in [0.3, 0.4) is 0 Å². The molecule has 0 aromatic carbocycles. The van der Waals surface area contributed by atoms with Gasteiger partial charge in [-0.3, -0.25) is 0 Å². The van der Waals surface area contributed by atoms with Gasteiger partial charge in [0.1, 0.15) is 5.01 Å². The highest BCUT2D eigenvalue weighted by molar-refractivity contribution is 7.16. The molecule has 0 bridgehead atoms. The van der Waals surface area contributed by atoms with Crippen LogP contribution in [0.1, 0.15) is 29.5 Å². The Hall–Kier alpha value is -0.980. The van der Waals surface area contributed by atoms with Crippen molar-refractivity contribution in [2.45, 2.75) is 25.4 Å². The van der Waals surface area contributed by atoms with E-state index < -0.39 is 0 Å². The van der Waals surface area contributed by atoms with Crippen molar-refractivity contribution in [2.75, 3.05) is 19.5 Å². The van der Waals surface area contributed by atoms with Crippen molar-refractivity contribution in [2.24, 2.45) is 0 Å². The summed E-state index contributed by atoms with van der Waals surface area (Å²) >= 11 is 3.34. The molecule has 3 rings (SSSR count). The van der Waals surface area contributed by atoms with Gasteiger partial charge in [-0.05, 0) is 12.8 Å². The van der Waals surface area contributed by atoms with Crippen molar-refractivity contribution < 1.29 is 4.74 Å². The molecule has 4 nitrogen and oxygen atoms in total. The molecule has 1 fully saturated rings. The van der Waals surface area contributed by atoms with Crippen LogP contribution in [-0.2, 0) is 11.3 Å². The minimum absolute atomic E-state index is 0.591. The Morgan fingerprint density at radius 2 is 2.28 bits per heavy atom. The molecule has 2 aromatic heterocycles. The summed E-state index contributed by atoms with van der Waals surface area (Å²) in [5, 5.41) is 7.18. The molecule has 0 amide bonds. The fourth-order valence-corrected chi connectivity index (χ4v) is 3.69. The Balaban J connectivity index is 1.97. The highest BCUT2D eigenvalue weighted by Gasteiger charge is 2.30. The molecular weight excluding hydrogens is 266 g/mol. The predicted molar refractivity (Wildman–Crippen MR) is 75.5 cm³/mol. The van der Waals surface area contributed by atoms with Crippen molar-refractivity contribution >= 4 is 27.8 Å². The van der Waals surface area contributed by atoms with E-state index >= 15 is 0 Å². The summed E-state index contributed by atoms with van der Waals surface area (Å²) in [7, 11) is 3.60. The van der Waals surface area contributed by atoms with Crippen molar-refractivity contribution in [3.63, 3.8) is 0 Å². The van der Waals surface area contributed by atoms with Gasteiger partial charge in [0.05, 0.1) is 22.9 Å². The zero-order valence-electron chi connectivity index (χ0n) is 10.4. The topological polar surface area (TPSA) is 47.0 Å². The molecule has 1 aliphatic rings. The van der Waals surface area contributed by atoms with Gasteiger partial charge in [0.2, 0.25) is 0 Å². The zero-order valence-corrected chi connectivity index (χ0v) is 12.0. The van der Waals surface area contributed by atoms with E-state index in [0.29, 0.717) is 12.5 Å². The number of anilines is 1. The summed E-state index contributed by atoms with van der Waals surface area (Å²) in [6, 6.07) is 0. The van der Waals surface area contributed by atoms with E-state index in [1.165, 1.54) is 23.4 Å². The van der Waals surface area contributed by atoms with E-state index in [0.717, 1.165) is 15.8 Å². The molecule has 1 N–H and O–H groups in total. The number of hydrogen-bond donors (Lipinski definition) is 1. The first-order valence-electron chi connectivity index (χ1n) is 5.94. The zero-order chi connectivity index (χ0) is 12.5. The highest BCUT2D eigenvalue weighted by Crippen LogP contribution is 2.46. The van der Waals surface area contributed by atoms with Crippen LogP contribution in [0.15, 0.2) is 5.38 Å². The van der Waals surface area contributed by atoms with Crippen LogP contribution in [0.4, 0.5) is 5.13 Å². The van der Waals surface area contributed by atoms with Crippen molar-refractivity contribution in [1.82, 2.24) is 9.97 Å². The second-order valence-electron chi connectivity index (χ2n) is 4.32. The van der Waals surface area contributed by atoms with Crippen molar-refractivity contribution in [3.05, 3.63) is 16.1 Å². The predicted octanol–water partition coefficient (Wildman–Crippen LogP) is 3.33. The van der Waals surface area contributed by atoms with Crippen LogP contribution in [0.5, 0.6) is 0 Å². The normalized spacial score (nSPS) is 15.0. The molecule has 1 saturated carbocycles. The third-order valence-electron chi connectivity index (χ3n) is 2.88. The minimum Gasteiger partial charge on any atom is -0.378 e. The maximum absolute atomic E-state index is 5.18. The first kappa shape index (κ1) is 12.1. The lowest BCUT2D eigenvalue weighted by Crippen LogP contribution is -1.88. The SMILES string of the molecule is CNc1nc(-c2sc(COC)nc2C2CC2)cs1. The monoisotopic (exact) mass is 281 g/mol. The summed E-state index contributed by atoms with van der Waals surface area (Å²) < 4.78 is 5.18. The quantitative estimate of drug-likeness (QED) is 0.913. The van der Waals surface area contributed by atoms with Crippen molar-refractivity contribution in [3.8, 4) is 10.6 Å². The number of ether oxygens (including phenoxy) is 1. The lowest BCUT2D eigenvalue weighted by Gasteiger charge is -1.95. The van der Waals surface area contributed by atoms with E-state index in [2.05, 4.69) is 15.7 Å². The van der Waals surface area contributed by atoms with Gasteiger partial charge in [-0.1, -0.05) is 0 Å². The average Bonchev–Trinajstić information content (AvgIpc) is 2.96. The molecule has 2 aromatic rings. The fourth-order valence-electron chi connectivity index (χ4n) is 1.87. The number of methoxy groups -OCH3 is 1. The summed E-state index contributed by atoms with van der Waals surface area (Å²) in [6.45, 7) is 0.591. The highest BCUT2D eigenvalue weighted by atomic mass is 32.1. The third-order valence-corrected chi connectivity index (χ3v) is 4.81. The molecule has 1 aliphatic carbocycles. The Morgan fingerprint density at radius 3 is 2.89 bits per heavy atom. The lowest BCUT2D eigenvalue weighted by atomic mass is 10.2. The van der Waals surface area contributed by atoms with Gasteiger partial charge < -0.3 is 10.1 Å². The summed E-state index contributed by atoms with van der Waals surface area (Å²) in [5.74, 6) is 0.640. The molecule has 0 radical (unpaired) electrons. The number of aromatic nitrogens is 2. The fraction of sp³-hybridized carbons (Fsp3) is 0.500. The first-order chi connectivity index (χ1) is 8.81. The molecule has 2 heterocycles. The summed E-state index contributed by atoms with van der Waals surface area (Å²) in [4.78, 5) is 10.5. The van der Waals surface area contributed by atoms with E-state index in [-0.39, 0.29) is 0 Å². The van der Waals surface area contributed by atoms with E-state index in [1.807, 2.05) is 7.05 Å². The maximum atomic E-state index is 5.18. The maximum Gasteiger partial charge on any atom is 0.182 e. The second kappa shape index (κ2) is 4.95. The Kier molecular flexibility index (Phi) is 3.32. The first-order valence-corrected chi connectivity index (χ1v) is 7.63. The number of nitrogens with zero attached hydrogens (tertiary/aromatic N) is 2. The van der Waals surface area contributed by atoms with Crippen LogP contribution in [0.25, 0.3) is 10.6 Å². The van der Waals surface area contributed by atoms with E-state index in [9.17, 15) is 0 Å². The van der Waals surface area contributed by atoms with Crippen LogP contribution in [0.2, 0.25) is 0 Å². The van der Waals surface area contributed by atoms with Gasteiger partial charge in [-0.2, -0.15) is 0 Å². The average molecular weight is 281 g/mol. The Labute approximate surface area is 114 Å². The molecule has 0 saturated heterocycles. The van der Waals surface area contributed by atoms with Gasteiger partial charge in [0, 0.05) is 25.5 Å². The molecule has 18 heavy (non-hydrogen) atoms. The Morgan fingerprint density at radius 1 is 1.44 bits per heavy atom. The van der Waals surface area contributed by atoms with Gasteiger partial charge in [-0.25, -0.2) is 9.97 Å². The molecule has 0 atom stereocenters. The molecular formula is C12H15N3OS2. The molecule has 96 valence electrons. The van der Waals surface area contributed by atoms with Gasteiger partial charge in [0.25, 0.3) is 0 Å². The number of rotatable bonds is 5. The molecule has 0 unspecified atom stereocenters. The number of hydrogen-bond acceptors (Lipinski definition) is 6. The lowest BCUT2D eigenvalue weighted by molar-refractivity contribution is 0.184. The largest absolute Gasteiger partial charge is 0.378 e. The molecule has 0 aliphatic heterocycles. The smallest absolute Gasteiger partial charge is 0.182 e.